The van der Waals surface area contributed by atoms with Gasteiger partial charge in [0.1, 0.15) is 18.2 Å². The van der Waals surface area contributed by atoms with Crippen LogP contribution in [0.4, 0.5) is 13.2 Å². The van der Waals surface area contributed by atoms with Gasteiger partial charge in [-0.1, -0.05) is 11.6 Å². The third-order valence-electron chi connectivity index (χ3n) is 6.39. The van der Waals surface area contributed by atoms with Crippen LogP contribution in [-0.2, 0) is 17.8 Å². The summed E-state index contributed by atoms with van der Waals surface area (Å²) in [6, 6.07) is 9.70. The molecular formula is C26H31ClF3N3O3. The molecule has 3 N–H and O–H groups in total. The quantitative estimate of drug-likeness (QED) is 0.334. The van der Waals surface area contributed by atoms with E-state index in [1.807, 2.05) is 24.3 Å². The minimum atomic E-state index is -5.08. The number of aromatic nitrogens is 2. The van der Waals surface area contributed by atoms with Crippen LogP contribution in [0, 0.1) is 19.8 Å². The number of hydrogen-bond acceptors (Lipinski definition) is 4. The van der Waals surface area contributed by atoms with Crippen LogP contribution < -0.4 is 10.1 Å². The number of hydrogen-bond donors (Lipinski definition) is 3. The lowest BCUT2D eigenvalue weighted by atomic mass is 9.91. The van der Waals surface area contributed by atoms with Gasteiger partial charge in [0, 0.05) is 5.02 Å². The summed E-state index contributed by atoms with van der Waals surface area (Å²) in [4.78, 5) is 17.1. The molecule has 1 aliphatic rings. The van der Waals surface area contributed by atoms with Gasteiger partial charge in [-0.15, -0.1) is 0 Å². The molecule has 1 fully saturated rings. The Bertz CT molecular complexity index is 1160. The fourth-order valence-corrected chi connectivity index (χ4v) is 4.42. The molecule has 0 radical (unpaired) electrons. The van der Waals surface area contributed by atoms with Crippen LogP contribution in [0.1, 0.15) is 48.2 Å². The number of carbonyl (C=O) groups is 1. The van der Waals surface area contributed by atoms with Crippen molar-refractivity contribution in [2.45, 2.75) is 58.7 Å². The first kappa shape index (κ1) is 27.8. The van der Waals surface area contributed by atoms with Crippen LogP contribution in [0.15, 0.2) is 30.3 Å². The van der Waals surface area contributed by atoms with Crippen LogP contribution in [0.2, 0.25) is 5.02 Å². The minimum absolute atomic E-state index is 0.415. The second kappa shape index (κ2) is 12.5. The van der Waals surface area contributed by atoms with E-state index >= 15 is 0 Å². The second-order valence-corrected chi connectivity index (χ2v) is 9.45. The Balaban J connectivity index is 0.000000454. The molecule has 196 valence electrons. The topological polar surface area (TPSA) is 87.2 Å². The molecule has 6 nitrogen and oxygen atoms in total. The van der Waals surface area contributed by atoms with Gasteiger partial charge in [0.05, 0.1) is 11.0 Å². The molecule has 0 amide bonds. The summed E-state index contributed by atoms with van der Waals surface area (Å²) < 4.78 is 37.6. The molecule has 1 unspecified atom stereocenters. The molecule has 0 aliphatic carbocycles. The number of ether oxygens (including phenoxy) is 1. The van der Waals surface area contributed by atoms with Crippen molar-refractivity contribution < 1.29 is 27.8 Å². The van der Waals surface area contributed by atoms with Gasteiger partial charge >= 0.3 is 12.1 Å². The molecule has 1 aliphatic heterocycles. The normalized spacial score (nSPS) is 15.9. The largest absolute Gasteiger partial charge is 0.490 e. The predicted molar refractivity (Wildman–Crippen MR) is 134 cm³/mol. The molecule has 0 saturated carbocycles. The first-order valence-electron chi connectivity index (χ1n) is 11.9. The first-order valence-corrected chi connectivity index (χ1v) is 12.3. The van der Waals surface area contributed by atoms with E-state index in [1.165, 1.54) is 55.5 Å². The summed E-state index contributed by atoms with van der Waals surface area (Å²) in [5, 5.41) is 11.4. The van der Waals surface area contributed by atoms with E-state index in [9.17, 15) is 13.2 Å². The Morgan fingerprint density at radius 3 is 2.53 bits per heavy atom. The van der Waals surface area contributed by atoms with E-state index < -0.39 is 12.1 Å². The van der Waals surface area contributed by atoms with Gasteiger partial charge in [-0.3, -0.25) is 0 Å². The van der Waals surface area contributed by atoms with Crippen molar-refractivity contribution in [3.8, 4) is 5.75 Å². The minimum Gasteiger partial charge on any atom is -0.486 e. The number of imidazole rings is 1. The molecule has 0 spiro atoms. The fraction of sp³-hybridized carbons (Fsp3) is 0.462. The van der Waals surface area contributed by atoms with Crippen LogP contribution in [0.5, 0.6) is 5.75 Å². The molecular weight excluding hydrogens is 495 g/mol. The van der Waals surface area contributed by atoms with E-state index in [0.717, 1.165) is 34.9 Å². The fourth-order valence-electron chi connectivity index (χ4n) is 4.29. The van der Waals surface area contributed by atoms with E-state index in [1.54, 1.807) is 0 Å². The number of H-pyrrole nitrogens is 1. The molecule has 2 aromatic carbocycles. The number of piperidine rings is 1. The number of carboxylic acids is 1. The summed E-state index contributed by atoms with van der Waals surface area (Å²) in [5.41, 5.74) is 6.24. The molecule has 0 bridgehead atoms. The SMILES string of the molecule is Cc1c(CCCC2CCCNC2)cc2[nH]c(COc3ccc(Cl)cc3)nc2c1C.O=C(O)C(F)(F)F. The highest BCUT2D eigenvalue weighted by atomic mass is 35.5. The van der Waals surface area contributed by atoms with Crippen LogP contribution in [0.3, 0.4) is 0 Å². The number of carboxylic acid groups (broad SMARTS) is 1. The van der Waals surface area contributed by atoms with Crippen molar-refractivity contribution in [1.82, 2.24) is 15.3 Å². The lowest BCUT2D eigenvalue weighted by molar-refractivity contribution is -0.192. The van der Waals surface area contributed by atoms with E-state index in [4.69, 9.17) is 31.2 Å². The lowest BCUT2D eigenvalue weighted by Gasteiger charge is -2.22. The zero-order valence-corrected chi connectivity index (χ0v) is 21.1. The number of aryl methyl sites for hydroxylation is 2. The number of aliphatic carboxylic acids is 1. The van der Waals surface area contributed by atoms with Crippen LogP contribution >= 0.6 is 11.6 Å². The van der Waals surface area contributed by atoms with Gasteiger partial charge in [0.2, 0.25) is 0 Å². The van der Waals surface area contributed by atoms with Crippen molar-refractivity contribution in [3.63, 3.8) is 0 Å². The van der Waals surface area contributed by atoms with Gasteiger partial charge in [0.15, 0.2) is 0 Å². The molecule has 36 heavy (non-hydrogen) atoms. The molecule has 1 aromatic heterocycles. The number of benzene rings is 2. The van der Waals surface area contributed by atoms with E-state index in [0.29, 0.717) is 11.6 Å². The van der Waals surface area contributed by atoms with Crippen molar-refractivity contribution in [1.29, 1.82) is 0 Å². The highest BCUT2D eigenvalue weighted by molar-refractivity contribution is 6.30. The van der Waals surface area contributed by atoms with Crippen molar-refractivity contribution in [3.05, 3.63) is 57.9 Å². The number of aromatic amines is 1. The van der Waals surface area contributed by atoms with Crippen molar-refractivity contribution in [2.75, 3.05) is 13.1 Å². The van der Waals surface area contributed by atoms with Gasteiger partial charge in [0.25, 0.3) is 0 Å². The van der Waals surface area contributed by atoms with Crippen LogP contribution in [0.25, 0.3) is 11.0 Å². The molecule has 3 aromatic rings. The predicted octanol–water partition coefficient (Wildman–Crippen LogP) is 6.37. The summed E-state index contributed by atoms with van der Waals surface area (Å²) in [7, 11) is 0. The summed E-state index contributed by atoms with van der Waals surface area (Å²) >= 11 is 5.93. The zero-order valence-electron chi connectivity index (χ0n) is 20.3. The monoisotopic (exact) mass is 525 g/mol. The molecule has 2 heterocycles. The highest BCUT2D eigenvalue weighted by Crippen LogP contribution is 2.26. The van der Waals surface area contributed by atoms with Crippen LogP contribution in [-0.4, -0.2) is 40.3 Å². The first-order chi connectivity index (χ1) is 17.0. The Hall–Kier alpha value is -2.78. The number of nitrogens with zero attached hydrogens (tertiary/aromatic N) is 1. The number of alkyl halides is 3. The average Bonchev–Trinajstić information content (AvgIpc) is 3.25. The Kier molecular flexibility index (Phi) is 9.62. The maximum Gasteiger partial charge on any atom is 0.490 e. The van der Waals surface area contributed by atoms with Gasteiger partial charge < -0.3 is 20.1 Å². The zero-order chi connectivity index (χ0) is 26.3. The summed E-state index contributed by atoms with van der Waals surface area (Å²) in [5.74, 6) is -0.270. The average molecular weight is 526 g/mol. The highest BCUT2D eigenvalue weighted by Gasteiger charge is 2.38. The van der Waals surface area contributed by atoms with Gasteiger partial charge in [-0.25, -0.2) is 9.78 Å². The Labute approximate surface area is 213 Å². The second-order valence-electron chi connectivity index (χ2n) is 9.02. The molecule has 4 rings (SSSR count). The number of halogens is 4. The van der Waals surface area contributed by atoms with E-state index in [2.05, 4.69) is 30.2 Å². The maximum atomic E-state index is 10.6. The number of fused-ring (bicyclic) bond motifs is 1. The van der Waals surface area contributed by atoms with Crippen molar-refractivity contribution >= 4 is 28.6 Å². The summed E-state index contributed by atoms with van der Waals surface area (Å²) in [6.07, 6.45) is 1.31. The molecule has 1 atom stereocenters. The third kappa shape index (κ3) is 7.86. The molecule has 1 saturated heterocycles. The van der Waals surface area contributed by atoms with Gasteiger partial charge in [-0.05, 0) is 112 Å². The number of nitrogens with one attached hydrogen (secondary N) is 2. The van der Waals surface area contributed by atoms with Crippen molar-refractivity contribution in [2.24, 2.45) is 5.92 Å². The third-order valence-corrected chi connectivity index (χ3v) is 6.64. The Morgan fingerprint density at radius 1 is 1.22 bits per heavy atom. The van der Waals surface area contributed by atoms with E-state index in [-0.39, 0.29) is 0 Å². The lowest BCUT2D eigenvalue weighted by Crippen LogP contribution is -2.29. The summed E-state index contributed by atoms with van der Waals surface area (Å²) in [6.45, 7) is 7.20. The maximum absolute atomic E-state index is 10.6. The number of rotatable bonds is 7. The molecule has 10 heteroatoms. The Morgan fingerprint density at radius 2 is 1.92 bits per heavy atom. The smallest absolute Gasteiger partial charge is 0.486 e. The standard InChI is InChI=1S/C24H30ClN3O.C2HF3O2/c1-16-17(2)24-22(13-19(16)7-3-5-18-6-4-12-26-14-18)27-23(28-24)15-29-21-10-8-20(25)9-11-21;3-2(4,5)1(6)7/h8-11,13,18,26H,3-7,12,14-15H2,1-2H3,(H,27,28);(H,6,7). The van der Waals surface area contributed by atoms with Gasteiger partial charge in [-0.2, -0.15) is 13.2 Å².